The van der Waals surface area contributed by atoms with Gasteiger partial charge in [0.2, 0.25) is 5.88 Å². The average molecular weight is 252 g/mol. The first-order chi connectivity index (χ1) is 9.26. The van der Waals surface area contributed by atoms with Gasteiger partial charge in [-0.15, -0.1) is 14.8 Å². The molecule has 1 aromatic carbocycles. The quantitative estimate of drug-likeness (QED) is 0.686. The Labute approximate surface area is 108 Å². The molecule has 0 unspecified atom stereocenters. The molecule has 0 aliphatic heterocycles. The normalized spacial score (nSPS) is 10.3. The monoisotopic (exact) mass is 252 g/mol. The number of tetrazole rings is 1. The molecule has 0 fully saturated rings. The van der Waals surface area contributed by atoms with E-state index in [2.05, 4.69) is 26.7 Å². The van der Waals surface area contributed by atoms with E-state index in [1.54, 1.807) is 30.3 Å². The number of fused-ring (bicyclic) bond motifs is 1. The summed E-state index contributed by atoms with van der Waals surface area (Å²) in [6, 6.07) is 10.7. The van der Waals surface area contributed by atoms with Crippen molar-refractivity contribution < 1.29 is 4.74 Å². The predicted molar refractivity (Wildman–Crippen MR) is 64.5 cm³/mol. The lowest BCUT2D eigenvalue weighted by molar-refractivity contribution is 0.444. The highest BCUT2D eigenvalue weighted by atomic mass is 16.5. The molecule has 0 N–H and O–H groups in total. The minimum absolute atomic E-state index is 0.382. The van der Waals surface area contributed by atoms with Gasteiger partial charge < -0.3 is 4.74 Å². The lowest BCUT2D eigenvalue weighted by Gasteiger charge is -2.07. The van der Waals surface area contributed by atoms with Crippen molar-refractivity contribution in [2.24, 2.45) is 0 Å². The summed E-state index contributed by atoms with van der Waals surface area (Å²) in [5.74, 6) is 1.02. The zero-order valence-electron chi connectivity index (χ0n) is 9.98. The summed E-state index contributed by atoms with van der Waals surface area (Å²) >= 11 is 0. The predicted octanol–water partition coefficient (Wildman–Crippen LogP) is 1.49. The molecule has 0 saturated carbocycles. The fraction of sp³-hybridized carbons (Fsp3) is 0.0833. The highest BCUT2D eigenvalue weighted by Crippen LogP contribution is 2.24. The van der Waals surface area contributed by atoms with E-state index in [0.29, 0.717) is 22.8 Å². The van der Waals surface area contributed by atoms with Gasteiger partial charge in [0.1, 0.15) is 5.75 Å². The number of aromatic nitrogens is 5. The third-order valence-electron chi connectivity index (χ3n) is 2.56. The Morgan fingerprint density at radius 1 is 1.26 bits per heavy atom. The summed E-state index contributed by atoms with van der Waals surface area (Å²) < 4.78 is 6.94. The summed E-state index contributed by atoms with van der Waals surface area (Å²) in [4.78, 5) is 0. The van der Waals surface area contributed by atoms with Gasteiger partial charge in [0.15, 0.2) is 5.65 Å². The zero-order chi connectivity index (χ0) is 13.2. The van der Waals surface area contributed by atoms with Gasteiger partial charge in [-0.1, -0.05) is 0 Å². The van der Waals surface area contributed by atoms with Crippen molar-refractivity contribution in [3.63, 3.8) is 0 Å². The third kappa shape index (κ3) is 2.07. The first kappa shape index (κ1) is 11.1. The Hall–Kier alpha value is -3.01. The molecule has 0 spiro atoms. The maximum Gasteiger partial charge on any atom is 0.239 e. The van der Waals surface area contributed by atoms with Gasteiger partial charge in [-0.05, 0) is 47.2 Å². The summed E-state index contributed by atoms with van der Waals surface area (Å²) in [6.07, 6.45) is 0. The van der Waals surface area contributed by atoms with Crippen molar-refractivity contribution in [1.82, 2.24) is 25.3 Å². The van der Waals surface area contributed by atoms with E-state index in [-0.39, 0.29) is 0 Å². The maximum atomic E-state index is 8.81. The van der Waals surface area contributed by atoms with Crippen LogP contribution in [0.5, 0.6) is 11.6 Å². The molecule has 0 radical (unpaired) electrons. The molecule has 7 heteroatoms. The van der Waals surface area contributed by atoms with E-state index < -0.39 is 0 Å². The van der Waals surface area contributed by atoms with Crippen LogP contribution in [0.2, 0.25) is 0 Å². The number of hydrogen-bond donors (Lipinski definition) is 0. The second-order valence-corrected chi connectivity index (χ2v) is 3.89. The first-order valence-corrected chi connectivity index (χ1v) is 5.50. The van der Waals surface area contributed by atoms with E-state index in [4.69, 9.17) is 10.00 Å². The largest absolute Gasteiger partial charge is 0.437 e. The Kier molecular flexibility index (Phi) is 2.54. The van der Waals surface area contributed by atoms with Crippen LogP contribution in [0.3, 0.4) is 0 Å². The van der Waals surface area contributed by atoms with Crippen LogP contribution in [0.25, 0.3) is 5.65 Å². The van der Waals surface area contributed by atoms with Crippen LogP contribution in [0, 0.1) is 18.3 Å². The molecule has 92 valence electrons. The number of nitriles is 1. The second kappa shape index (κ2) is 4.34. The Morgan fingerprint density at radius 2 is 2.16 bits per heavy atom. The lowest BCUT2D eigenvalue weighted by Crippen LogP contribution is -1.98. The molecule has 2 heterocycles. The summed E-state index contributed by atoms with van der Waals surface area (Å²) in [5.41, 5.74) is 2.00. The van der Waals surface area contributed by atoms with Crippen molar-refractivity contribution in [3.8, 4) is 17.7 Å². The average Bonchev–Trinajstić information content (AvgIpc) is 2.88. The second-order valence-electron chi connectivity index (χ2n) is 3.89. The standard InChI is InChI=1S/C12H8N6O/c1-8-6-9(7-13)2-3-10(8)19-12-5-4-11-14-16-17-18(11)15-12/h2-6H,1H3. The van der Waals surface area contributed by atoms with Crippen molar-refractivity contribution in [3.05, 3.63) is 41.5 Å². The molecule has 0 atom stereocenters. The van der Waals surface area contributed by atoms with E-state index in [1.807, 2.05) is 6.92 Å². The van der Waals surface area contributed by atoms with Crippen LogP contribution in [-0.2, 0) is 0 Å². The van der Waals surface area contributed by atoms with Crippen molar-refractivity contribution in [2.75, 3.05) is 0 Å². The summed E-state index contributed by atoms with van der Waals surface area (Å²) in [5, 5.41) is 23.9. The van der Waals surface area contributed by atoms with Gasteiger partial charge >= 0.3 is 0 Å². The van der Waals surface area contributed by atoms with Crippen LogP contribution in [0.1, 0.15) is 11.1 Å². The van der Waals surface area contributed by atoms with Crippen LogP contribution in [0.4, 0.5) is 0 Å². The van der Waals surface area contributed by atoms with E-state index in [9.17, 15) is 0 Å². The van der Waals surface area contributed by atoms with Crippen molar-refractivity contribution in [1.29, 1.82) is 5.26 Å². The minimum atomic E-state index is 0.382. The fourth-order valence-electron chi connectivity index (χ4n) is 1.63. The molecule has 7 nitrogen and oxygen atoms in total. The minimum Gasteiger partial charge on any atom is -0.437 e. The third-order valence-corrected chi connectivity index (χ3v) is 2.56. The zero-order valence-corrected chi connectivity index (χ0v) is 9.98. The highest BCUT2D eigenvalue weighted by molar-refractivity contribution is 5.43. The topological polar surface area (TPSA) is 89.0 Å². The van der Waals surface area contributed by atoms with Gasteiger partial charge in [-0.2, -0.15) is 5.26 Å². The number of hydrogen-bond acceptors (Lipinski definition) is 6. The molecular formula is C12H8N6O. The highest BCUT2D eigenvalue weighted by Gasteiger charge is 2.06. The van der Waals surface area contributed by atoms with Crippen LogP contribution >= 0.6 is 0 Å². The van der Waals surface area contributed by atoms with E-state index in [0.717, 1.165) is 5.56 Å². The molecule has 2 aromatic heterocycles. The number of nitrogens with zero attached hydrogens (tertiary/aromatic N) is 6. The van der Waals surface area contributed by atoms with Gasteiger partial charge in [-0.3, -0.25) is 0 Å². The molecule has 0 aliphatic carbocycles. The van der Waals surface area contributed by atoms with Gasteiger partial charge in [0, 0.05) is 6.07 Å². The molecule has 0 bridgehead atoms. The van der Waals surface area contributed by atoms with Crippen LogP contribution < -0.4 is 4.74 Å². The molecule has 0 aliphatic rings. The van der Waals surface area contributed by atoms with Gasteiger partial charge in [0.05, 0.1) is 11.6 Å². The SMILES string of the molecule is Cc1cc(C#N)ccc1Oc1ccc2nnnn2n1. The van der Waals surface area contributed by atoms with Crippen molar-refractivity contribution in [2.45, 2.75) is 6.92 Å². The lowest BCUT2D eigenvalue weighted by atomic mass is 10.1. The Bertz CT molecular complexity index is 788. The molecule has 3 rings (SSSR count). The maximum absolute atomic E-state index is 8.81. The van der Waals surface area contributed by atoms with Gasteiger partial charge in [-0.25, -0.2) is 0 Å². The summed E-state index contributed by atoms with van der Waals surface area (Å²) in [6.45, 7) is 1.87. The smallest absolute Gasteiger partial charge is 0.239 e. The summed E-state index contributed by atoms with van der Waals surface area (Å²) in [7, 11) is 0. The molecular weight excluding hydrogens is 244 g/mol. The number of benzene rings is 1. The molecule has 19 heavy (non-hydrogen) atoms. The van der Waals surface area contributed by atoms with Crippen LogP contribution in [-0.4, -0.2) is 25.3 Å². The molecule has 3 aromatic rings. The molecule has 0 amide bonds. The Morgan fingerprint density at radius 3 is 2.95 bits per heavy atom. The Balaban J connectivity index is 1.94. The number of aryl methyl sites for hydroxylation is 1. The van der Waals surface area contributed by atoms with Crippen LogP contribution in [0.15, 0.2) is 30.3 Å². The van der Waals surface area contributed by atoms with Gasteiger partial charge in [0.25, 0.3) is 0 Å². The van der Waals surface area contributed by atoms with Crippen molar-refractivity contribution >= 4 is 5.65 Å². The van der Waals surface area contributed by atoms with E-state index >= 15 is 0 Å². The fourth-order valence-corrected chi connectivity index (χ4v) is 1.63. The number of rotatable bonds is 2. The number of ether oxygens (including phenoxy) is 1. The molecule has 0 saturated heterocycles. The first-order valence-electron chi connectivity index (χ1n) is 5.50. The van der Waals surface area contributed by atoms with E-state index in [1.165, 1.54) is 4.63 Å².